The summed E-state index contributed by atoms with van der Waals surface area (Å²) in [6.07, 6.45) is 2.21. The van der Waals surface area contributed by atoms with Gasteiger partial charge in [0.25, 0.3) is 5.89 Å². The van der Waals surface area contributed by atoms with E-state index in [0.717, 1.165) is 0 Å². The zero-order chi connectivity index (χ0) is 11.5. The number of anilines is 1. The first-order chi connectivity index (χ1) is 7.72. The molecule has 7 nitrogen and oxygen atoms in total. The average Bonchev–Trinajstić information content (AvgIpc) is 2.85. The summed E-state index contributed by atoms with van der Waals surface area (Å²) in [4.78, 5) is 4.20. The van der Waals surface area contributed by atoms with Crippen molar-refractivity contribution < 1.29 is 9.26 Å². The summed E-state index contributed by atoms with van der Waals surface area (Å²) in [5, 5.41) is 7.82. The maximum absolute atomic E-state index is 5.79. The predicted molar refractivity (Wildman–Crippen MR) is 56.5 cm³/mol. The number of hydrogen-bond donors (Lipinski definition) is 1. The largest absolute Gasteiger partial charge is 0.384 e. The van der Waals surface area contributed by atoms with E-state index < -0.39 is 0 Å². The second-order valence-electron chi connectivity index (χ2n) is 3.33. The van der Waals surface area contributed by atoms with E-state index in [0.29, 0.717) is 36.1 Å². The van der Waals surface area contributed by atoms with Crippen LogP contribution in [0.1, 0.15) is 5.82 Å². The van der Waals surface area contributed by atoms with Gasteiger partial charge in [0, 0.05) is 20.6 Å². The summed E-state index contributed by atoms with van der Waals surface area (Å²) in [7, 11) is 3.38. The third-order valence-corrected chi connectivity index (χ3v) is 2.21. The van der Waals surface area contributed by atoms with E-state index in [-0.39, 0.29) is 0 Å². The Morgan fingerprint density at radius 1 is 1.56 bits per heavy atom. The van der Waals surface area contributed by atoms with Gasteiger partial charge in [0.15, 0.2) is 5.82 Å². The molecule has 0 aliphatic rings. The van der Waals surface area contributed by atoms with Crippen LogP contribution in [0.3, 0.4) is 0 Å². The lowest BCUT2D eigenvalue weighted by molar-refractivity contribution is 0.199. The topological polar surface area (TPSA) is 92.0 Å². The smallest absolute Gasteiger partial charge is 0.263 e. The van der Waals surface area contributed by atoms with Gasteiger partial charge >= 0.3 is 0 Å². The van der Waals surface area contributed by atoms with Crippen molar-refractivity contribution in [1.29, 1.82) is 0 Å². The molecule has 0 unspecified atom stereocenters. The van der Waals surface area contributed by atoms with Gasteiger partial charge in [-0.15, -0.1) is 0 Å². The van der Waals surface area contributed by atoms with Crippen molar-refractivity contribution in [2.75, 3.05) is 19.5 Å². The summed E-state index contributed by atoms with van der Waals surface area (Å²) in [6, 6.07) is 0. The molecule has 2 N–H and O–H groups in total. The molecule has 0 aromatic carbocycles. The van der Waals surface area contributed by atoms with Gasteiger partial charge in [-0.25, -0.2) is 0 Å². The van der Waals surface area contributed by atoms with Crippen molar-refractivity contribution in [1.82, 2.24) is 19.9 Å². The van der Waals surface area contributed by atoms with E-state index in [1.165, 1.54) is 0 Å². The van der Waals surface area contributed by atoms with E-state index in [4.69, 9.17) is 15.0 Å². The zero-order valence-electron chi connectivity index (χ0n) is 9.17. The minimum atomic E-state index is 0.386. The summed E-state index contributed by atoms with van der Waals surface area (Å²) in [5.41, 5.74) is 6.44. The van der Waals surface area contributed by atoms with E-state index >= 15 is 0 Å². The monoisotopic (exact) mass is 223 g/mol. The Labute approximate surface area is 92.2 Å². The highest BCUT2D eigenvalue weighted by molar-refractivity contribution is 5.66. The SMILES string of the molecule is COCCc1noc(-c2cnn(C)c2N)n1. The molecule has 0 atom stereocenters. The quantitative estimate of drug-likeness (QED) is 0.798. The summed E-state index contributed by atoms with van der Waals surface area (Å²) >= 11 is 0. The number of nitrogen functional groups attached to an aromatic ring is 1. The first-order valence-electron chi connectivity index (χ1n) is 4.81. The standard InChI is InChI=1S/C9H13N5O2/c1-14-8(10)6(5-11-14)9-12-7(13-16-9)3-4-15-2/h5H,3-4,10H2,1-2H3. The third kappa shape index (κ3) is 1.89. The van der Waals surface area contributed by atoms with Crippen molar-refractivity contribution in [2.24, 2.45) is 7.05 Å². The van der Waals surface area contributed by atoms with Gasteiger partial charge in [-0.3, -0.25) is 4.68 Å². The number of aryl methyl sites for hydroxylation is 1. The van der Waals surface area contributed by atoms with Crippen molar-refractivity contribution in [3.8, 4) is 11.5 Å². The number of nitrogens with zero attached hydrogens (tertiary/aromatic N) is 4. The van der Waals surface area contributed by atoms with E-state index in [1.807, 2.05) is 0 Å². The van der Waals surface area contributed by atoms with E-state index in [1.54, 1.807) is 25.0 Å². The normalized spacial score (nSPS) is 10.9. The van der Waals surface area contributed by atoms with Crippen molar-refractivity contribution >= 4 is 5.82 Å². The molecule has 2 rings (SSSR count). The lowest BCUT2D eigenvalue weighted by atomic mass is 10.3. The Bertz CT molecular complexity index is 476. The molecule has 0 saturated carbocycles. The lowest BCUT2D eigenvalue weighted by Gasteiger charge is -1.93. The van der Waals surface area contributed by atoms with Crippen LogP contribution in [0.15, 0.2) is 10.7 Å². The highest BCUT2D eigenvalue weighted by atomic mass is 16.5. The van der Waals surface area contributed by atoms with Crippen molar-refractivity contribution in [2.45, 2.75) is 6.42 Å². The summed E-state index contributed by atoms with van der Waals surface area (Å²) in [6.45, 7) is 0.557. The fraction of sp³-hybridized carbons (Fsp3) is 0.444. The molecule has 2 aromatic rings. The summed E-state index contributed by atoms with van der Waals surface area (Å²) < 4.78 is 11.6. The number of hydrogen-bond acceptors (Lipinski definition) is 6. The maximum atomic E-state index is 5.79. The van der Waals surface area contributed by atoms with Gasteiger partial charge in [-0.2, -0.15) is 10.1 Å². The third-order valence-electron chi connectivity index (χ3n) is 2.21. The second-order valence-corrected chi connectivity index (χ2v) is 3.33. The highest BCUT2D eigenvalue weighted by Crippen LogP contribution is 2.22. The van der Waals surface area contributed by atoms with E-state index in [9.17, 15) is 0 Å². The van der Waals surface area contributed by atoms with Crippen molar-refractivity contribution in [3.05, 3.63) is 12.0 Å². The van der Waals surface area contributed by atoms with Gasteiger partial charge in [-0.1, -0.05) is 5.16 Å². The first kappa shape index (κ1) is 10.6. The lowest BCUT2D eigenvalue weighted by Crippen LogP contribution is -1.98. The van der Waals surface area contributed by atoms with Crippen LogP contribution in [0.5, 0.6) is 0 Å². The average molecular weight is 223 g/mol. The first-order valence-corrected chi connectivity index (χ1v) is 4.81. The molecule has 0 fully saturated rings. The molecule has 16 heavy (non-hydrogen) atoms. The summed E-state index contributed by atoms with van der Waals surface area (Å²) in [5.74, 6) is 1.48. The van der Waals surface area contributed by atoms with Crippen LogP contribution in [0, 0.1) is 0 Å². The molecule has 2 aromatic heterocycles. The number of nitrogens with two attached hydrogens (primary N) is 1. The molecule has 0 aliphatic heterocycles. The molecular formula is C9H13N5O2. The predicted octanol–water partition coefficient (Wildman–Crippen LogP) is 0.241. The van der Waals surface area contributed by atoms with Crippen LogP contribution in [-0.4, -0.2) is 33.6 Å². The number of aromatic nitrogens is 4. The van der Waals surface area contributed by atoms with E-state index in [2.05, 4.69) is 15.2 Å². The Hall–Kier alpha value is -1.89. The highest BCUT2D eigenvalue weighted by Gasteiger charge is 2.14. The maximum Gasteiger partial charge on any atom is 0.263 e. The Morgan fingerprint density at radius 2 is 2.38 bits per heavy atom. The Kier molecular flexibility index (Phi) is 2.86. The zero-order valence-corrected chi connectivity index (χ0v) is 9.17. The fourth-order valence-corrected chi connectivity index (χ4v) is 1.27. The molecule has 0 bridgehead atoms. The van der Waals surface area contributed by atoms with Crippen LogP contribution in [0.4, 0.5) is 5.82 Å². The molecule has 7 heteroatoms. The molecule has 0 saturated heterocycles. The van der Waals surface area contributed by atoms with Gasteiger partial charge in [0.1, 0.15) is 11.4 Å². The van der Waals surface area contributed by atoms with Gasteiger partial charge in [0.05, 0.1) is 12.8 Å². The van der Waals surface area contributed by atoms with Gasteiger partial charge < -0.3 is 15.0 Å². The van der Waals surface area contributed by atoms with Crippen LogP contribution in [0.25, 0.3) is 11.5 Å². The van der Waals surface area contributed by atoms with Crippen molar-refractivity contribution in [3.63, 3.8) is 0 Å². The van der Waals surface area contributed by atoms with Gasteiger partial charge in [0.2, 0.25) is 0 Å². The number of ether oxygens (including phenoxy) is 1. The fourth-order valence-electron chi connectivity index (χ4n) is 1.27. The minimum absolute atomic E-state index is 0.386. The Morgan fingerprint density at radius 3 is 3.00 bits per heavy atom. The van der Waals surface area contributed by atoms with Crippen LogP contribution >= 0.6 is 0 Å². The second kappa shape index (κ2) is 4.31. The molecule has 86 valence electrons. The minimum Gasteiger partial charge on any atom is -0.384 e. The molecule has 0 amide bonds. The molecule has 0 radical (unpaired) electrons. The van der Waals surface area contributed by atoms with Crippen LogP contribution in [-0.2, 0) is 18.2 Å². The number of methoxy groups -OCH3 is 1. The number of rotatable bonds is 4. The molecular weight excluding hydrogens is 210 g/mol. The van der Waals surface area contributed by atoms with Gasteiger partial charge in [-0.05, 0) is 0 Å². The Balaban J connectivity index is 2.21. The molecule has 0 aliphatic carbocycles. The molecule has 2 heterocycles. The van der Waals surface area contributed by atoms with Crippen LogP contribution in [0.2, 0.25) is 0 Å². The molecule has 0 spiro atoms. The van der Waals surface area contributed by atoms with Crippen LogP contribution < -0.4 is 5.73 Å².